The molecule has 4 N–H and O–H groups in total. The molecule has 5 rings (SSSR count). The van der Waals surface area contributed by atoms with Gasteiger partial charge in [-0.1, -0.05) is 89.1 Å². The highest BCUT2D eigenvalue weighted by atomic mass is 32.1. The largest absolute Gasteiger partial charge is 0.508 e. The van der Waals surface area contributed by atoms with Gasteiger partial charge in [0.05, 0.1) is 12.0 Å². The number of aromatic hydroxyl groups is 1. The maximum absolute atomic E-state index is 15.0. The Labute approximate surface area is 347 Å². The molecule has 0 radical (unpaired) electrons. The van der Waals surface area contributed by atoms with E-state index in [0.717, 1.165) is 36.9 Å². The Morgan fingerprint density at radius 2 is 1.84 bits per heavy atom. The fourth-order valence-electron chi connectivity index (χ4n) is 8.19. The minimum absolute atomic E-state index is 0.00389. The third kappa shape index (κ3) is 11.3. The van der Waals surface area contributed by atoms with Crippen LogP contribution in [0.3, 0.4) is 0 Å². The highest BCUT2D eigenvalue weighted by Crippen LogP contribution is 2.35. The number of likely N-dealkylation sites (tertiary alicyclic amines) is 1. The predicted octanol–water partition coefficient (Wildman–Crippen LogP) is 6.81. The molecule has 12 nitrogen and oxygen atoms in total. The van der Waals surface area contributed by atoms with Gasteiger partial charge in [0.25, 0.3) is 5.91 Å². The van der Waals surface area contributed by atoms with Crippen LogP contribution in [0.1, 0.15) is 117 Å². The molecule has 0 spiro atoms. The summed E-state index contributed by atoms with van der Waals surface area (Å²) < 4.78 is 6.33. The zero-order valence-electron chi connectivity index (χ0n) is 34.7. The first kappa shape index (κ1) is 44.5. The average Bonchev–Trinajstić information content (AvgIpc) is 3.71. The smallest absolute Gasteiger partial charge is 0.311 e. The van der Waals surface area contributed by atoms with Crippen LogP contribution in [0, 0.1) is 11.8 Å². The predicted molar refractivity (Wildman–Crippen MR) is 227 cm³/mol. The van der Waals surface area contributed by atoms with Gasteiger partial charge < -0.3 is 30.5 Å². The molecule has 2 heterocycles. The van der Waals surface area contributed by atoms with E-state index in [0.29, 0.717) is 43.0 Å². The highest BCUT2D eigenvalue weighted by molar-refractivity contribution is 7.09. The van der Waals surface area contributed by atoms with E-state index in [2.05, 4.69) is 29.4 Å². The zero-order valence-corrected chi connectivity index (χ0v) is 35.5. The molecule has 1 saturated heterocycles. The Morgan fingerprint density at radius 1 is 1.09 bits per heavy atom. The number of hydrogen-bond donors (Lipinski definition) is 4. The molecular formula is C45H61N5O7S. The number of carboxylic acids is 1. The van der Waals surface area contributed by atoms with Crippen LogP contribution in [0.5, 0.6) is 5.75 Å². The SMILES string of the molecule is CCO[C@H](C[C@H](C(C)C)N(C/C=C/c1ccccc1)C(=O)[C@@H](NC(=O)[C@H]1CCCCN1C)[C@@H](C)CC)c1nc(C(=O)N[C@H]2Cc3ccc(O)cc3[C@H](C(=O)O)C2)cs1. The molecule has 3 aromatic rings. The number of nitrogens with zero attached hydrogens (tertiary/aromatic N) is 3. The number of ether oxygens (including phenoxy) is 1. The first-order valence-electron chi connectivity index (χ1n) is 20.8. The number of rotatable bonds is 18. The van der Waals surface area contributed by atoms with Crippen LogP contribution in [0.2, 0.25) is 0 Å². The van der Waals surface area contributed by atoms with Gasteiger partial charge in [-0.15, -0.1) is 11.3 Å². The number of phenols is 1. The molecule has 1 aromatic heterocycles. The topological polar surface area (TPSA) is 161 Å². The number of nitrogens with one attached hydrogen (secondary N) is 2. The molecule has 1 aliphatic carbocycles. The van der Waals surface area contributed by atoms with E-state index in [-0.39, 0.29) is 53.6 Å². The number of thiazole rings is 1. The number of likely N-dealkylation sites (N-methyl/N-ethyl adjacent to an activating group) is 1. The number of carboxylic acid groups (broad SMARTS) is 1. The second kappa shape index (κ2) is 20.9. The molecule has 0 bridgehead atoms. The number of amides is 3. The average molecular weight is 816 g/mol. The van der Waals surface area contributed by atoms with Gasteiger partial charge in [-0.2, -0.15) is 0 Å². The highest BCUT2D eigenvalue weighted by Gasteiger charge is 2.38. The Morgan fingerprint density at radius 3 is 2.52 bits per heavy atom. The van der Waals surface area contributed by atoms with Gasteiger partial charge >= 0.3 is 5.97 Å². The van der Waals surface area contributed by atoms with Gasteiger partial charge in [-0.25, -0.2) is 4.98 Å². The monoisotopic (exact) mass is 815 g/mol. The summed E-state index contributed by atoms with van der Waals surface area (Å²) in [5, 5.41) is 28.4. The summed E-state index contributed by atoms with van der Waals surface area (Å²) in [7, 11) is 1.97. The molecule has 0 unspecified atom stereocenters. The maximum Gasteiger partial charge on any atom is 0.311 e. The Hall–Kier alpha value is -4.59. The van der Waals surface area contributed by atoms with Crippen LogP contribution < -0.4 is 10.6 Å². The molecule has 7 atom stereocenters. The summed E-state index contributed by atoms with van der Waals surface area (Å²) in [5.74, 6) is -2.65. The summed E-state index contributed by atoms with van der Waals surface area (Å²) in [6.07, 6.45) is 7.97. The van der Waals surface area contributed by atoms with Gasteiger partial charge in [-0.3, -0.25) is 24.1 Å². The molecule has 13 heteroatoms. The zero-order chi connectivity index (χ0) is 41.9. The van der Waals surface area contributed by atoms with Crippen LogP contribution >= 0.6 is 11.3 Å². The Kier molecular flexibility index (Phi) is 16.0. The molecule has 0 saturated carbocycles. The van der Waals surface area contributed by atoms with E-state index in [1.54, 1.807) is 11.4 Å². The van der Waals surface area contributed by atoms with Crippen molar-refractivity contribution < 1.29 is 34.1 Å². The van der Waals surface area contributed by atoms with Crippen molar-refractivity contribution in [2.75, 3.05) is 26.7 Å². The van der Waals surface area contributed by atoms with Crippen molar-refractivity contribution in [3.05, 3.63) is 87.4 Å². The van der Waals surface area contributed by atoms with Crippen molar-refractivity contribution in [2.24, 2.45) is 11.8 Å². The minimum Gasteiger partial charge on any atom is -0.508 e. The van der Waals surface area contributed by atoms with Crippen LogP contribution in [0.15, 0.2) is 60.0 Å². The molecular weight excluding hydrogens is 755 g/mol. The molecule has 314 valence electrons. The van der Waals surface area contributed by atoms with Crippen molar-refractivity contribution in [2.45, 2.75) is 116 Å². The lowest BCUT2D eigenvalue weighted by molar-refractivity contribution is -0.142. The number of fused-ring (bicyclic) bond motifs is 1. The number of carbonyl (C=O) groups is 4. The normalized spacial score (nSPS) is 20.5. The van der Waals surface area contributed by atoms with Gasteiger partial charge in [0.1, 0.15) is 28.6 Å². The molecule has 1 aliphatic heterocycles. The number of aliphatic carboxylic acids is 1. The number of carbonyl (C=O) groups excluding carboxylic acids is 3. The number of hydrogen-bond acceptors (Lipinski definition) is 9. The third-order valence-electron chi connectivity index (χ3n) is 11.7. The van der Waals surface area contributed by atoms with Crippen molar-refractivity contribution in [3.63, 3.8) is 0 Å². The van der Waals surface area contributed by atoms with Crippen molar-refractivity contribution >= 4 is 41.1 Å². The summed E-state index contributed by atoms with van der Waals surface area (Å²) in [4.78, 5) is 63.2. The standard InChI is InChI=1S/C45H61N5O7S/c1-7-29(5)40(48-42(53)37-18-12-13-21-49(37)6)44(54)50(22-14-17-30-15-10-9-11-16-30)38(28(3)4)26-39(57-8-2)43-47-36(27-58-43)41(52)46-32-23-31-19-20-33(51)25-34(31)35(24-32)45(55)56/h9-11,14-17,19-20,25,27-29,32,35,37-40,51H,7-8,12-13,18,21-24,26H2,1-6H3,(H,46,52)(H,48,53)(H,55,56)/b17-14+/t29-,32-,35+,37+,38+,39+,40-/m0/s1. The Bertz CT molecular complexity index is 1880. The van der Waals surface area contributed by atoms with E-state index >= 15 is 0 Å². The quantitative estimate of drug-likeness (QED) is 0.108. The maximum atomic E-state index is 15.0. The van der Waals surface area contributed by atoms with Crippen LogP contribution in [-0.4, -0.2) is 99.6 Å². The third-order valence-corrected chi connectivity index (χ3v) is 12.6. The number of aromatic nitrogens is 1. The lowest BCUT2D eigenvalue weighted by atomic mass is 9.80. The number of benzene rings is 2. The van der Waals surface area contributed by atoms with E-state index < -0.39 is 36.0 Å². The van der Waals surface area contributed by atoms with Gasteiger partial charge in [-0.05, 0) is 86.9 Å². The lowest BCUT2D eigenvalue weighted by Crippen LogP contribution is -2.58. The second-order valence-corrected chi connectivity index (χ2v) is 17.0. The van der Waals surface area contributed by atoms with Crippen molar-refractivity contribution in [1.82, 2.24) is 25.4 Å². The fraction of sp³-hybridized carbons (Fsp3) is 0.533. The van der Waals surface area contributed by atoms with Crippen molar-refractivity contribution in [3.8, 4) is 5.75 Å². The molecule has 1 fully saturated rings. The van der Waals surface area contributed by atoms with E-state index in [4.69, 9.17) is 9.72 Å². The summed E-state index contributed by atoms with van der Waals surface area (Å²) >= 11 is 1.31. The molecule has 58 heavy (non-hydrogen) atoms. The molecule has 2 aliphatic rings. The van der Waals surface area contributed by atoms with Crippen LogP contribution in [-0.2, 0) is 25.5 Å². The first-order valence-corrected chi connectivity index (χ1v) is 21.6. The van der Waals surface area contributed by atoms with Crippen molar-refractivity contribution in [1.29, 1.82) is 0 Å². The van der Waals surface area contributed by atoms with E-state index in [1.165, 1.54) is 23.5 Å². The lowest BCUT2D eigenvalue weighted by Gasteiger charge is -2.40. The minimum atomic E-state index is -1.02. The van der Waals surface area contributed by atoms with Crippen LogP contribution in [0.4, 0.5) is 0 Å². The van der Waals surface area contributed by atoms with E-state index in [1.807, 2.05) is 75.2 Å². The van der Waals surface area contributed by atoms with Crippen LogP contribution in [0.25, 0.3) is 6.08 Å². The number of piperidine rings is 1. The summed E-state index contributed by atoms with van der Waals surface area (Å²) in [5.41, 5.74) is 2.55. The fourth-order valence-corrected chi connectivity index (χ4v) is 9.05. The van der Waals surface area contributed by atoms with Gasteiger partial charge in [0, 0.05) is 37.0 Å². The summed E-state index contributed by atoms with van der Waals surface area (Å²) in [6, 6.07) is 12.9. The van der Waals surface area contributed by atoms with Gasteiger partial charge in [0.15, 0.2) is 0 Å². The molecule has 3 amide bonds. The van der Waals surface area contributed by atoms with Gasteiger partial charge in [0.2, 0.25) is 11.8 Å². The first-order chi connectivity index (χ1) is 27.8. The molecule has 2 aromatic carbocycles. The summed E-state index contributed by atoms with van der Waals surface area (Å²) in [6.45, 7) is 11.7. The Balaban J connectivity index is 1.39. The number of phenolic OH excluding ortho intramolecular Hbond substituents is 1. The van der Waals surface area contributed by atoms with E-state index in [9.17, 15) is 29.4 Å². The second-order valence-electron chi connectivity index (χ2n) is 16.1.